The summed E-state index contributed by atoms with van der Waals surface area (Å²) in [6, 6.07) is 13.4. The van der Waals surface area contributed by atoms with E-state index in [4.69, 9.17) is 9.47 Å². The second kappa shape index (κ2) is 9.87. The Kier molecular flexibility index (Phi) is 7.25. The van der Waals surface area contributed by atoms with Crippen LogP contribution in [0.1, 0.15) is 24.5 Å². The van der Waals surface area contributed by atoms with E-state index in [0.717, 1.165) is 31.5 Å². The van der Waals surface area contributed by atoms with Gasteiger partial charge < -0.3 is 24.6 Å². The summed E-state index contributed by atoms with van der Waals surface area (Å²) < 4.78 is 24.0. The summed E-state index contributed by atoms with van der Waals surface area (Å²) in [5, 5.41) is 20.9. The SMILES string of the molecule is COc1ccccc1OCC(O)CN1CCC(C(O)c2ccc(F)cc2)CC1. The lowest BCUT2D eigenvalue weighted by atomic mass is 9.87. The van der Waals surface area contributed by atoms with Gasteiger partial charge in [0.2, 0.25) is 0 Å². The van der Waals surface area contributed by atoms with Gasteiger partial charge in [0.15, 0.2) is 11.5 Å². The van der Waals surface area contributed by atoms with Crippen LogP contribution in [0.2, 0.25) is 0 Å². The average molecular weight is 389 g/mol. The normalized spacial score (nSPS) is 17.9. The van der Waals surface area contributed by atoms with Crippen molar-refractivity contribution in [1.82, 2.24) is 4.90 Å². The van der Waals surface area contributed by atoms with Crippen molar-refractivity contribution in [1.29, 1.82) is 0 Å². The Morgan fingerprint density at radius 2 is 1.68 bits per heavy atom. The zero-order chi connectivity index (χ0) is 19.9. The molecular weight excluding hydrogens is 361 g/mol. The van der Waals surface area contributed by atoms with E-state index in [1.807, 2.05) is 24.3 Å². The summed E-state index contributed by atoms with van der Waals surface area (Å²) in [5.41, 5.74) is 0.755. The van der Waals surface area contributed by atoms with Gasteiger partial charge >= 0.3 is 0 Å². The van der Waals surface area contributed by atoms with Crippen LogP contribution in [0, 0.1) is 11.7 Å². The number of methoxy groups -OCH3 is 1. The lowest BCUT2D eigenvalue weighted by Crippen LogP contribution is -2.41. The number of β-amino-alcohol motifs (C(OH)–C–C–N with tert-alkyl or cyclic N) is 1. The molecule has 2 aromatic rings. The molecule has 3 rings (SSSR count). The van der Waals surface area contributed by atoms with Crippen molar-refractivity contribution in [3.63, 3.8) is 0 Å². The van der Waals surface area contributed by atoms with Crippen LogP contribution in [0.15, 0.2) is 48.5 Å². The predicted octanol–water partition coefficient (Wildman–Crippen LogP) is 3.02. The molecule has 0 radical (unpaired) electrons. The van der Waals surface area contributed by atoms with Crippen LogP contribution in [0.25, 0.3) is 0 Å². The van der Waals surface area contributed by atoms with E-state index in [0.29, 0.717) is 18.0 Å². The number of piperidine rings is 1. The molecule has 0 saturated carbocycles. The number of halogens is 1. The summed E-state index contributed by atoms with van der Waals surface area (Å²) in [6.07, 6.45) is 0.474. The number of rotatable bonds is 8. The van der Waals surface area contributed by atoms with E-state index in [-0.39, 0.29) is 18.3 Å². The molecule has 1 aliphatic rings. The lowest BCUT2D eigenvalue weighted by molar-refractivity contribution is 0.0275. The molecule has 0 amide bonds. The summed E-state index contributed by atoms with van der Waals surface area (Å²) in [6.45, 7) is 2.32. The highest BCUT2D eigenvalue weighted by Crippen LogP contribution is 2.31. The first-order valence-corrected chi connectivity index (χ1v) is 9.66. The first kappa shape index (κ1) is 20.6. The molecule has 2 atom stereocenters. The molecule has 1 aliphatic heterocycles. The molecule has 2 N–H and O–H groups in total. The number of likely N-dealkylation sites (tertiary alicyclic amines) is 1. The smallest absolute Gasteiger partial charge is 0.161 e. The highest BCUT2D eigenvalue weighted by molar-refractivity contribution is 5.39. The molecular formula is C22H28FNO4. The highest BCUT2D eigenvalue weighted by atomic mass is 19.1. The van der Waals surface area contributed by atoms with E-state index in [9.17, 15) is 14.6 Å². The van der Waals surface area contributed by atoms with Crippen molar-refractivity contribution in [3.05, 3.63) is 59.9 Å². The Balaban J connectivity index is 1.43. The summed E-state index contributed by atoms with van der Waals surface area (Å²) >= 11 is 0. The standard InChI is InChI=1S/C22H28FNO4/c1-27-20-4-2-3-5-21(20)28-15-19(25)14-24-12-10-17(11-13-24)22(26)16-6-8-18(23)9-7-16/h2-9,17,19,22,25-26H,10-15H2,1H3. The Labute approximate surface area is 165 Å². The maximum atomic E-state index is 13.0. The van der Waals surface area contributed by atoms with Gasteiger partial charge in [0.25, 0.3) is 0 Å². The zero-order valence-corrected chi connectivity index (χ0v) is 16.1. The molecule has 2 unspecified atom stereocenters. The van der Waals surface area contributed by atoms with Gasteiger partial charge in [0, 0.05) is 6.54 Å². The third-order valence-corrected chi connectivity index (χ3v) is 5.26. The minimum Gasteiger partial charge on any atom is -0.493 e. The molecule has 28 heavy (non-hydrogen) atoms. The minimum absolute atomic E-state index is 0.142. The Morgan fingerprint density at radius 1 is 1.04 bits per heavy atom. The highest BCUT2D eigenvalue weighted by Gasteiger charge is 2.27. The lowest BCUT2D eigenvalue weighted by Gasteiger charge is -2.35. The molecule has 0 bridgehead atoms. The van der Waals surface area contributed by atoms with E-state index in [1.54, 1.807) is 19.2 Å². The van der Waals surface area contributed by atoms with Crippen LogP contribution in [0.4, 0.5) is 4.39 Å². The van der Waals surface area contributed by atoms with Crippen LogP contribution in [-0.4, -0.2) is 54.6 Å². The Morgan fingerprint density at radius 3 is 2.32 bits per heavy atom. The Bertz CT molecular complexity index is 732. The number of hydrogen-bond donors (Lipinski definition) is 2. The number of hydrogen-bond acceptors (Lipinski definition) is 5. The molecule has 0 aromatic heterocycles. The van der Waals surface area contributed by atoms with Gasteiger partial charge in [-0.1, -0.05) is 24.3 Å². The number of para-hydroxylation sites is 2. The summed E-state index contributed by atoms with van der Waals surface area (Å²) in [4.78, 5) is 2.18. The number of benzene rings is 2. The molecule has 1 saturated heterocycles. The molecule has 5 nitrogen and oxygen atoms in total. The number of nitrogens with zero attached hydrogens (tertiary/aromatic N) is 1. The second-order valence-corrected chi connectivity index (χ2v) is 7.25. The average Bonchev–Trinajstić information content (AvgIpc) is 2.73. The minimum atomic E-state index is -0.608. The van der Waals surface area contributed by atoms with Crippen molar-refractivity contribution in [2.24, 2.45) is 5.92 Å². The van der Waals surface area contributed by atoms with E-state index in [2.05, 4.69) is 4.90 Å². The predicted molar refractivity (Wildman–Crippen MR) is 105 cm³/mol. The maximum Gasteiger partial charge on any atom is 0.161 e. The van der Waals surface area contributed by atoms with Gasteiger partial charge in [0.1, 0.15) is 18.5 Å². The van der Waals surface area contributed by atoms with Crippen LogP contribution < -0.4 is 9.47 Å². The molecule has 6 heteroatoms. The van der Waals surface area contributed by atoms with Crippen molar-refractivity contribution in [3.8, 4) is 11.5 Å². The van der Waals surface area contributed by atoms with Crippen LogP contribution in [-0.2, 0) is 0 Å². The van der Waals surface area contributed by atoms with Gasteiger partial charge in [-0.15, -0.1) is 0 Å². The molecule has 1 heterocycles. The van der Waals surface area contributed by atoms with E-state index < -0.39 is 12.2 Å². The van der Waals surface area contributed by atoms with Gasteiger partial charge in [-0.2, -0.15) is 0 Å². The third kappa shape index (κ3) is 5.44. The van der Waals surface area contributed by atoms with E-state index >= 15 is 0 Å². The van der Waals surface area contributed by atoms with Gasteiger partial charge in [-0.05, 0) is 61.7 Å². The van der Waals surface area contributed by atoms with Crippen molar-refractivity contribution in [2.45, 2.75) is 25.0 Å². The molecule has 0 spiro atoms. The summed E-state index contributed by atoms with van der Waals surface area (Å²) in [5.74, 6) is 1.11. The Hall–Kier alpha value is -2.15. The second-order valence-electron chi connectivity index (χ2n) is 7.25. The van der Waals surface area contributed by atoms with E-state index in [1.165, 1.54) is 12.1 Å². The van der Waals surface area contributed by atoms with Crippen molar-refractivity contribution < 1.29 is 24.1 Å². The molecule has 1 fully saturated rings. The van der Waals surface area contributed by atoms with Crippen LogP contribution in [0.3, 0.4) is 0 Å². The van der Waals surface area contributed by atoms with Gasteiger partial charge in [-0.25, -0.2) is 4.39 Å². The number of aliphatic hydroxyl groups is 2. The number of aliphatic hydroxyl groups excluding tert-OH is 2. The third-order valence-electron chi connectivity index (χ3n) is 5.26. The van der Waals surface area contributed by atoms with Gasteiger partial charge in [-0.3, -0.25) is 0 Å². The summed E-state index contributed by atoms with van der Waals surface area (Å²) in [7, 11) is 1.59. The topological polar surface area (TPSA) is 62.2 Å². The van der Waals surface area contributed by atoms with Gasteiger partial charge in [0.05, 0.1) is 13.2 Å². The van der Waals surface area contributed by atoms with Crippen LogP contribution >= 0.6 is 0 Å². The quantitative estimate of drug-likeness (QED) is 0.727. The molecule has 0 aliphatic carbocycles. The number of ether oxygens (including phenoxy) is 2. The first-order valence-electron chi connectivity index (χ1n) is 9.66. The van der Waals surface area contributed by atoms with Crippen molar-refractivity contribution >= 4 is 0 Å². The molecule has 2 aromatic carbocycles. The molecule has 152 valence electrons. The zero-order valence-electron chi connectivity index (χ0n) is 16.1. The van der Waals surface area contributed by atoms with Crippen LogP contribution in [0.5, 0.6) is 11.5 Å². The fourth-order valence-electron chi connectivity index (χ4n) is 3.66. The fraction of sp³-hybridized carbons (Fsp3) is 0.455. The van der Waals surface area contributed by atoms with Crippen molar-refractivity contribution in [2.75, 3.05) is 33.4 Å². The monoisotopic (exact) mass is 389 g/mol. The fourth-order valence-corrected chi connectivity index (χ4v) is 3.66. The maximum absolute atomic E-state index is 13.0. The first-order chi connectivity index (χ1) is 13.6. The largest absolute Gasteiger partial charge is 0.493 e.